The number of anilines is 1. The van der Waals surface area contributed by atoms with Gasteiger partial charge in [0.25, 0.3) is 11.8 Å². The highest BCUT2D eigenvalue weighted by atomic mass is 16.2. The van der Waals surface area contributed by atoms with Gasteiger partial charge in [0, 0.05) is 5.69 Å². The zero-order chi connectivity index (χ0) is 16.7. The lowest BCUT2D eigenvalue weighted by molar-refractivity contribution is -0.116. The normalized spacial score (nSPS) is 13.0. The molecule has 118 valence electrons. The molecule has 0 aliphatic carbocycles. The molecule has 0 fully saturated rings. The zero-order valence-corrected chi connectivity index (χ0v) is 12.3. The van der Waals surface area contributed by atoms with E-state index in [0.717, 1.165) is 5.52 Å². The number of carbonyl (C=O) groups excluding carboxylic acids is 3. The average molecular weight is 321 g/mol. The third-order valence-corrected chi connectivity index (χ3v) is 3.73. The van der Waals surface area contributed by atoms with Crippen LogP contribution in [0.25, 0.3) is 11.0 Å². The predicted octanol–water partition coefficient (Wildman–Crippen LogP) is 0.954. The van der Waals surface area contributed by atoms with Crippen molar-refractivity contribution in [2.75, 3.05) is 5.32 Å². The highest BCUT2D eigenvalue weighted by Gasteiger charge is 2.26. The van der Waals surface area contributed by atoms with E-state index in [1.807, 2.05) is 24.3 Å². The molecule has 1 aliphatic rings. The topological polar surface area (TPSA) is 106 Å². The van der Waals surface area contributed by atoms with Crippen molar-refractivity contribution in [2.45, 2.75) is 6.54 Å². The summed E-state index contributed by atoms with van der Waals surface area (Å²) in [6.45, 7) is -0.0112. The van der Waals surface area contributed by atoms with Gasteiger partial charge in [-0.1, -0.05) is 17.3 Å². The molecule has 2 heterocycles. The standard InChI is InChI=1S/C16H11N5O3/c22-14(8-21-13-4-2-1-3-12(13)19-20-21)17-9-5-6-10-11(7-9)16(24)18-15(10)23/h1-7H,8H2,(H,17,22)(H,18,23,24). The van der Waals surface area contributed by atoms with E-state index in [1.54, 1.807) is 6.07 Å². The van der Waals surface area contributed by atoms with Crippen LogP contribution in [0.3, 0.4) is 0 Å². The van der Waals surface area contributed by atoms with Crippen molar-refractivity contribution in [1.82, 2.24) is 20.3 Å². The number of hydrogen-bond acceptors (Lipinski definition) is 5. The molecule has 0 saturated heterocycles. The Hall–Kier alpha value is -3.55. The second-order valence-corrected chi connectivity index (χ2v) is 5.33. The molecule has 0 radical (unpaired) electrons. The van der Waals surface area contributed by atoms with Crippen LogP contribution < -0.4 is 10.6 Å². The van der Waals surface area contributed by atoms with Crippen LogP contribution in [0.5, 0.6) is 0 Å². The lowest BCUT2D eigenvalue weighted by Gasteiger charge is -2.06. The summed E-state index contributed by atoms with van der Waals surface area (Å²) in [5.41, 5.74) is 2.46. The first-order valence-corrected chi connectivity index (χ1v) is 7.19. The highest BCUT2D eigenvalue weighted by Crippen LogP contribution is 2.20. The number of nitrogens with one attached hydrogen (secondary N) is 2. The van der Waals surface area contributed by atoms with Gasteiger partial charge in [-0.25, -0.2) is 4.68 Å². The summed E-state index contributed by atoms with van der Waals surface area (Å²) in [6.07, 6.45) is 0. The Morgan fingerprint density at radius 3 is 2.75 bits per heavy atom. The van der Waals surface area contributed by atoms with E-state index in [2.05, 4.69) is 20.9 Å². The van der Waals surface area contributed by atoms with Crippen molar-refractivity contribution in [1.29, 1.82) is 0 Å². The number of amides is 3. The van der Waals surface area contributed by atoms with Crippen LogP contribution in [0.4, 0.5) is 5.69 Å². The molecule has 8 nitrogen and oxygen atoms in total. The molecule has 24 heavy (non-hydrogen) atoms. The monoisotopic (exact) mass is 321 g/mol. The SMILES string of the molecule is O=C(Cn1nnc2ccccc21)Nc1ccc2c(c1)C(=O)NC2=O. The van der Waals surface area contributed by atoms with E-state index in [0.29, 0.717) is 16.8 Å². The molecule has 0 unspecified atom stereocenters. The fourth-order valence-corrected chi connectivity index (χ4v) is 2.62. The molecule has 1 aliphatic heterocycles. The quantitative estimate of drug-likeness (QED) is 0.699. The number of rotatable bonds is 3. The van der Waals surface area contributed by atoms with Crippen molar-refractivity contribution < 1.29 is 14.4 Å². The Labute approximate surface area is 135 Å². The van der Waals surface area contributed by atoms with Gasteiger partial charge in [-0.05, 0) is 30.3 Å². The van der Waals surface area contributed by atoms with Crippen LogP contribution in [-0.2, 0) is 11.3 Å². The fourth-order valence-electron chi connectivity index (χ4n) is 2.62. The summed E-state index contributed by atoms with van der Waals surface area (Å²) in [5.74, 6) is -1.20. The number of fused-ring (bicyclic) bond motifs is 2. The van der Waals surface area contributed by atoms with Gasteiger partial charge in [0.05, 0.1) is 16.6 Å². The molecule has 0 spiro atoms. The van der Waals surface area contributed by atoms with Gasteiger partial charge in [-0.3, -0.25) is 19.7 Å². The molecule has 0 saturated carbocycles. The Kier molecular flexibility index (Phi) is 3.09. The number of benzene rings is 2. The van der Waals surface area contributed by atoms with E-state index in [1.165, 1.54) is 16.8 Å². The van der Waals surface area contributed by atoms with E-state index in [4.69, 9.17) is 0 Å². The van der Waals surface area contributed by atoms with Gasteiger partial charge in [0.1, 0.15) is 12.1 Å². The summed E-state index contributed by atoms with van der Waals surface area (Å²) in [4.78, 5) is 35.4. The fraction of sp³-hybridized carbons (Fsp3) is 0.0625. The first-order valence-electron chi connectivity index (χ1n) is 7.19. The van der Waals surface area contributed by atoms with Crippen molar-refractivity contribution in [3.05, 3.63) is 53.6 Å². The number of carbonyl (C=O) groups is 3. The zero-order valence-electron chi connectivity index (χ0n) is 12.3. The van der Waals surface area contributed by atoms with Crippen LogP contribution >= 0.6 is 0 Å². The van der Waals surface area contributed by atoms with Gasteiger partial charge >= 0.3 is 0 Å². The van der Waals surface area contributed by atoms with Crippen molar-refractivity contribution in [3.8, 4) is 0 Å². The Bertz CT molecular complexity index is 1010. The number of hydrogen-bond donors (Lipinski definition) is 2. The van der Waals surface area contributed by atoms with Gasteiger partial charge in [-0.2, -0.15) is 0 Å². The molecule has 3 aromatic rings. The molecule has 8 heteroatoms. The summed E-state index contributed by atoms with van der Waals surface area (Å²) >= 11 is 0. The number of aromatic nitrogens is 3. The molecular formula is C16H11N5O3. The summed E-state index contributed by atoms with van der Waals surface area (Å²) < 4.78 is 1.49. The third kappa shape index (κ3) is 2.30. The van der Waals surface area contributed by atoms with Crippen molar-refractivity contribution >= 4 is 34.4 Å². The molecule has 4 rings (SSSR count). The second-order valence-electron chi connectivity index (χ2n) is 5.33. The summed E-state index contributed by atoms with van der Waals surface area (Å²) in [6, 6.07) is 11.9. The first kappa shape index (κ1) is 14.1. The molecular weight excluding hydrogens is 310 g/mol. The number of imide groups is 1. The van der Waals surface area contributed by atoms with Gasteiger partial charge in [-0.15, -0.1) is 5.10 Å². The first-order chi connectivity index (χ1) is 11.6. The molecule has 1 aromatic heterocycles. The molecule has 0 bridgehead atoms. The molecule has 3 amide bonds. The van der Waals surface area contributed by atoms with Gasteiger partial charge in [0.2, 0.25) is 5.91 Å². The van der Waals surface area contributed by atoms with Crippen LogP contribution in [0.15, 0.2) is 42.5 Å². The van der Waals surface area contributed by atoms with Gasteiger partial charge in [0.15, 0.2) is 0 Å². The lowest BCUT2D eigenvalue weighted by atomic mass is 10.1. The second kappa shape index (κ2) is 5.27. The Morgan fingerprint density at radius 1 is 1.08 bits per heavy atom. The van der Waals surface area contributed by atoms with E-state index < -0.39 is 11.8 Å². The smallest absolute Gasteiger partial charge is 0.259 e. The third-order valence-electron chi connectivity index (χ3n) is 3.73. The number of para-hydroxylation sites is 1. The minimum atomic E-state index is -0.464. The number of nitrogens with zero attached hydrogens (tertiary/aromatic N) is 3. The van der Waals surface area contributed by atoms with Gasteiger partial charge < -0.3 is 5.32 Å². The van der Waals surface area contributed by atoms with Crippen molar-refractivity contribution in [3.63, 3.8) is 0 Å². The average Bonchev–Trinajstić information content (AvgIpc) is 3.09. The molecule has 2 aromatic carbocycles. The van der Waals surface area contributed by atoms with E-state index in [9.17, 15) is 14.4 Å². The Balaban J connectivity index is 1.54. The minimum absolute atomic E-state index is 0.0112. The lowest BCUT2D eigenvalue weighted by Crippen LogP contribution is -2.20. The predicted molar refractivity (Wildman–Crippen MR) is 84.4 cm³/mol. The van der Waals surface area contributed by atoms with E-state index in [-0.39, 0.29) is 18.0 Å². The maximum Gasteiger partial charge on any atom is 0.259 e. The van der Waals surface area contributed by atoms with Crippen LogP contribution in [0, 0.1) is 0 Å². The van der Waals surface area contributed by atoms with Crippen LogP contribution in [0.1, 0.15) is 20.7 Å². The maximum absolute atomic E-state index is 12.2. The van der Waals surface area contributed by atoms with Crippen LogP contribution in [-0.4, -0.2) is 32.7 Å². The summed E-state index contributed by atoms with van der Waals surface area (Å²) in [5, 5.41) is 12.8. The molecule has 0 atom stereocenters. The van der Waals surface area contributed by atoms with E-state index >= 15 is 0 Å². The largest absolute Gasteiger partial charge is 0.324 e. The maximum atomic E-state index is 12.2. The highest BCUT2D eigenvalue weighted by molar-refractivity contribution is 6.22. The molecule has 2 N–H and O–H groups in total. The minimum Gasteiger partial charge on any atom is -0.324 e. The van der Waals surface area contributed by atoms with Crippen LogP contribution in [0.2, 0.25) is 0 Å². The van der Waals surface area contributed by atoms with Crippen molar-refractivity contribution in [2.24, 2.45) is 0 Å². The summed E-state index contributed by atoms with van der Waals surface area (Å²) in [7, 11) is 0. The Morgan fingerprint density at radius 2 is 1.88 bits per heavy atom.